The molecule has 168 valence electrons. The molecule has 0 spiro atoms. The first kappa shape index (κ1) is 23.0. The summed E-state index contributed by atoms with van der Waals surface area (Å²) in [7, 11) is 0. The highest BCUT2D eigenvalue weighted by atomic mass is 16.5. The molecular formula is C24H34N4O3. The molecule has 0 aliphatic carbocycles. The second-order valence-corrected chi connectivity index (χ2v) is 7.68. The Morgan fingerprint density at radius 2 is 2.10 bits per heavy atom. The van der Waals surface area contributed by atoms with Gasteiger partial charge < -0.3 is 24.8 Å². The van der Waals surface area contributed by atoms with Crippen LogP contribution >= 0.6 is 0 Å². The summed E-state index contributed by atoms with van der Waals surface area (Å²) in [6, 6.07) is 9.93. The van der Waals surface area contributed by atoms with E-state index in [1.165, 1.54) is 11.1 Å². The molecule has 2 aromatic rings. The van der Waals surface area contributed by atoms with Crippen molar-refractivity contribution in [2.24, 2.45) is 4.99 Å². The zero-order chi connectivity index (χ0) is 21.9. The highest BCUT2D eigenvalue weighted by molar-refractivity contribution is 5.79. The fraction of sp³-hybridized carbons (Fsp3) is 0.500. The summed E-state index contributed by atoms with van der Waals surface area (Å²) in [5.74, 6) is 2.15. The second-order valence-electron chi connectivity index (χ2n) is 7.68. The molecule has 7 heteroatoms. The lowest BCUT2D eigenvalue weighted by atomic mass is 10.1. The first-order valence-electron chi connectivity index (χ1n) is 11.1. The molecule has 2 N–H and O–H groups in total. The molecule has 1 atom stereocenters. The maximum atomic E-state index is 5.93. The van der Waals surface area contributed by atoms with Gasteiger partial charge in [0, 0.05) is 38.6 Å². The van der Waals surface area contributed by atoms with Gasteiger partial charge in [-0.05, 0) is 68.5 Å². The Morgan fingerprint density at radius 3 is 2.87 bits per heavy atom. The number of pyridine rings is 1. The molecule has 3 rings (SSSR count). The number of nitrogens with zero attached hydrogens (tertiary/aromatic N) is 2. The van der Waals surface area contributed by atoms with Crippen molar-refractivity contribution in [3.63, 3.8) is 0 Å². The number of guanidine groups is 1. The summed E-state index contributed by atoms with van der Waals surface area (Å²) in [5.41, 5.74) is 3.48. The lowest BCUT2D eigenvalue weighted by Gasteiger charge is -2.13. The number of aryl methyl sites for hydroxylation is 2. The fourth-order valence-corrected chi connectivity index (χ4v) is 3.19. The van der Waals surface area contributed by atoms with Gasteiger partial charge in [0.05, 0.1) is 19.3 Å². The van der Waals surface area contributed by atoms with Gasteiger partial charge in [0.1, 0.15) is 5.75 Å². The molecule has 2 heterocycles. The summed E-state index contributed by atoms with van der Waals surface area (Å²) in [5, 5.41) is 6.65. The van der Waals surface area contributed by atoms with E-state index in [4.69, 9.17) is 14.2 Å². The molecule has 1 aromatic heterocycles. The third-order valence-electron chi connectivity index (χ3n) is 5.12. The monoisotopic (exact) mass is 426 g/mol. The number of benzene rings is 1. The minimum Gasteiger partial charge on any atom is -0.439 e. The molecule has 7 nitrogen and oxygen atoms in total. The van der Waals surface area contributed by atoms with Gasteiger partial charge in [-0.15, -0.1) is 0 Å². The highest BCUT2D eigenvalue weighted by Gasteiger charge is 2.15. The number of rotatable bonds is 10. The van der Waals surface area contributed by atoms with E-state index in [1.807, 2.05) is 24.3 Å². The van der Waals surface area contributed by atoms with E-state index in [2.05, 4.69) is 47.4 Å². The van der Waals surface area contributed by atoms with Crippen LogP contribution in [-0.2, 0) is 16.0 Å². The SMILES string of the molecule is CCNC(=NCc1ccnc(Oc2ccc(C)c(C)c2)c1)NCCCOC1CCOC1. The molecule has 0 bridgehead atoms. The lowest BCUT2D eigenvalue weighted by molar-refractivity contribution is 0.0420. The van der Waals surface area contributed by atoms with Crippen LogP contribution in [0.4, 0.5) is 0 Å². The highest BCUT2D eigenvalue weighted by Crippen LogP contribution is 2.22. The molecule has 0 saturated carbocycles. The maximum Gasteiger partial charge on any atom is 0.219 e. The minimum absolute atomic E-state index is 0.258. The standard InChI is InChI=1S/C24H34N4O3/c1-4-25-24(27-10-5-12-30-22-9-13-29-17-22)28-16-20-8-11-26-23(15-20)31-21-7-6-18(2)19(3)14-21/h6-8,11,14-15,22H,4-5,9-10,12-13,16-17H2,1-3H3,(H2,25,27,28). The summed E-state index contributed by atoms with van der Waals surface area (Å²) >= 11 is 0. The van der Waals surface area contributed by atoms with E-state index >= 15 is 0 Å². The van der Waals surface area contributed by atoms with Gasteiger partial charge in [-0.25, -0.2) is 9.98 Å². The third-order valence-corrected chi connectivity index (χ3v) is 5.12. The van der Waals surface area contributed by atoms with Crippen LogP contribution in [0.5, 0.6) is 11.6 Å². The van der Waals surface area contributed by atoms with Crippen LogP contribution in [0.1, 0.15) is 36.5 Å². The van der Waals surface area contributed by atoms with Crippen molar-refractivity contribution in [3.8, 4) is 11.6 Å². The minimum atomic E-state index is 0.258. The average Bonchev–Trinajstić information content (AvgIpc) is 3.28. The van der Waals surface area contributed by atoms with E-state index < -0.39 is 0 Å². The Kier molecular flexibility index (Phi) is 9.12. The van der Waals surface area contributed by atoms with Gasteiger partial charge in [-0.3, -0.25) is 0 Å². The number of aromatic nitrogens is 1. The summed E-state index contributed by atoms with van der Waals surface area (Å²) in [6.45, 7) is 10.6. The van der Waals surface area contributed by atoms with Crippen molar-refractivity contribution < 1.29 is 14.2 Å². The first-order valence-corrected chi connectivity index (χ1v) is 11.1. The molecule has 1 aromatic carbocycles. The smallest absolute Gasteiger partial charge is 0.219 e. The van der Waals surface area contributed by atoms with Crippen molar-refractivity contribution in [1.29, 1.82) is 0 Å². The van der Waals surface area contributed by atoms with Crippen molar-refractivity contribution in [1.82, 2.24) is 15.6 Å². The quantitative estimate of drug-likeness (QED) is 0.342. The first-order chi connectivity index (χ1) is 15.1. The van der Waals surface area contributed by atoms with Gasteiger partial charge >= 0.3 is 0 Å². The number of nitrogens with one attached hydrogen (secondary N) is 2. The predicted molar refractivity (Wildman–Crippen MR) is 123 cm³/mol. The van der Waals surface area contributed by atoms with Crippen molar-refractivity contribution >= 4 is 5.96 Å². The van der Waals surface area contributed by atoms with E-state index in [1.54, 1.807) is 6.20 Å². The van der Waals surface area contributed by atoms with Crippen molar-refractivity contribution in [2.75, 3.05) is 32.9 Å². The van der Waals surface area contributed by atoms with Crippen molar-refractivity contribution in [3.05, 3.63) is 53.2 Å². The van der Waals surface area contributed by atoms with E-state index in [9.17, 15) is 0 Å². The van der Waals surface area contributed by atoms with Gasteiger partial charge in [-0.1, -0.05) is 6.07 Å². The van der Waals surface area contributed by atoms with E-state index in [0.29, 0.717) is 12.4 Å². The van der Waals surface area contributed by atoms with Crippen LogP contribution in [0.15, 0.2) is 41.5 Å². The topological polar surface area (TPSA) is 77.0 Å². The Labute approximate surface area is 185 Å². The zero-order valence-corrected chi connectivity index (χ0v) is 18.8. The number of hydrogen-bond acceptors (Lipinski definition) is 5. The molecular weight excluding hydrogens is 392 g/mol. The number of aliphatic imine (C=N–C) groups is 1. The number of ether oxygens (including phenoxy) is 3. The van der Waals surface area contributed by atoms with Crippen LogP contribution in [0, 0.1) is 13.8 Å². The summed E-state index contributed by atoms with van der Waals surface area (Å²) in [4.78, 5) is 9.01. The van der Waals surface area contributed by atoms with Gasteiger partial charge in [0.2, 0.25) is 5.88 Å². The molecule has 0 amide bonds. The van der Waals surface area contributed by atoms with E-state index in [-0.39, 0.29) is 6.10 Å². The summed E-state index contributed by atoms with van der Waals surface area (Å²) < 4.78 is 17.1. The average molecular weight is 427 g/mol. The van der Waals surface area contributed by atoms with Crippen LogP contribution in [0.3, 0.4) is 0 Å². The van der Waals surface area contributed by atoms with Crippen LogP contribution in [0.25, 0.3) is 0 Å². The molecule has 31 heavy (non-hydrogen) atoms. The molecule has 0 radical (unpaired) electrons. The van der Waals surface area contributed by atoms with Crippen LogP contribution in [0.2, 0.25) is 0 Å². The predicted octanol–water partition coefficient (Wildman–Crippen LogP) is 3.74. The largest absolute Gasteiger partial charge is 0.439 e. The zero-order valence-electron chi connectivity index (χ0n) is 18.8. The van der Waals surface area contributed by atoms with E-state index in [0.717, 1.165) is 63.0 Å². The number of hydrogen-bond donors (Lipinski definition) is 2. The van der Waals surface area contributed by atoms with Gasteiger partial charge in [0.15, 0.2) is 5.96 Å². The third kappa shape index (κ3) is 7.84. The molecule has 1 aliphatic heterocycles. The van der Waals surface area contributed by atoms with Crippen LogP contribution < -0.4 is 15.4 Å². The Bertz CT molecular complexity index is 850. The van der Waals surface area contributed by atoms with Crippen molar-refractivity contribution in [2.45, 2.75) is 46.3 Å². The summed E-state index contributed by atoms with van der Waals surface area (Å²) in [6.07, 6.45) is 3.93. The second kappa shape index (κ2) is 12.3. The molecule has 1 saturated heterocycles. The Hall–Kier alpha value is -2.64. The van der Waals surface area contributed by atoms with Crippen LogP contribution in [-0.4, -0.2) is 50.0 Å². The molecule has 1 aliphatic rings. The molecule has 1 fully saturated rings. The lowest BCUT2D eigenvalue weighted by Crippen LogP contribution is -2.38. The van der Waals surface area contributed by atoms with Gasteiger partial charge in [0.25, 0.3) is 0 Å². The van der Waals surface area contributed by atoms with Gasteiger partial charge in [-0.2, -0.15) is 0 Å². The molecule has 1 unspecified atom stereocenters. The Balaban J connectivity index is 1.48. The Morgan fingerprint density at radius 1 is 1.19 bits per heavy atom. The normalized spacial score (nSPS) is 16.4. The fourth-order valence-electron chi connectivity index (χ4n) is 3.19. The maximum absolute atomic E-state index is 5.93.